The molecule has 0 bridgehead atoms. The number of amides is 2. The molecule has 0 aliphatic carbocycles. The number of carboxylic acid groups (broad SMARTS) is 1. The zero-order valence-electron chi connectivity index (χ0n) is 17.4. The van der Waals surface area contributed by atoms with Crippen molar-refractivity contribution in [2.45, 2.75) is 52.4 Å². The minimum atomic E-state index is -1.44. The maximum Gasteiger partial charge on any atom is 0.357 e. The van der Waals surface area contributed by atoms with Gasteiger partial charge in [0.1, 0.15) is 11.4 Å². The van der Waals surface area contributed by atoms with Gasteiger partial charge in [-0.25, -0.2) is 4.79 Å². The molecule has 0 spiro atoms. The molecule has 2 aromatic carbocycles. The molecule has 156 valence electrons. The van der Waals surface area contributed by atoms with Gasteiger partial charge in [0.15, 0.2) is 0 Å². The molecular weight excluding hydrogens is 366 g/mol. The van der Waals surface area contributed by atoms with Crippen molar-refractivity contribution < 1.29 is 19.4 Å². The molecule has 1 unspecified atom stereocenters. The first kappa shape index (κ1) is 22.6. The third-order valence-corrected chi connectivity index (χ3v) is 5.20. The van der Waals surface area contributed by atoms with E-state index in [1.807, 2.05) is 0 Å². The van der Waals surface area contributed by atoms with Crippen LogP contribution in [0.1, 0.15) is 62.7 Å². The first-order valence-corrected chi connectivity index (χ1v) is 10.5. The Morgan fingerprint density at radius 1 is 0.862 bits per heavy atom. The van der Waals surface area contributed by atoms with Crippen LogP contribution in [0.3, 0.4) is 0 Å². The molecule has 2 amide bonds. The molecule has 0 aliphatic heterocycles. The lowest BCUT2D eigenvalue weighted by Crippen LogP contribution is -2.63. The first-order valence-electron chi connectivity index (χ1n) is 10.5. The highest BCUT2D eigenvalue weighted by Gasteiger charge is 2.41. The van der Waals surface area contributed by atoms with Crippen LogP contribution in [0.25, 0.3) is 0 Å². The Balaban J connectivity index is 2.07. The predicted molar refractivity (Wildman–Crippen MR) is 114 cm³/mol. The number of carbonyl (C=O) groups excluding carboxylic acids is 2. The van der Waals surface area contributed by atoms with Gasteiger partial charge in [-0.3, -0.25) is 0 Å². The summed E-state index contributed by atoms with van der Waals surface area (Å²) in [5.41, 5.74) is 0.690. The maximum atomic E-state index is 13.1. The number of benzene rings is 2. The van der Waals surface area contributed by atoms with E-state index >= 15 is 0 Å². The molecule has 0 aliphatic rings. The van der Waals surface area contributed by atoms with Crippen LogP contribution in [-0.4, -0.2) is 25.2 Å². The van der Waals surface area contributed by atoms with E-state index in [0.29, 0.717) is 23.6 Å². The van der Waals surface area contributed by atoms with Gasteiger partial charge in [-0.2, -0.15) is 4.48 Å². The molecule has 5 nitrogen and oxygen atoms in total. The Morgan fingerprint density at radius 2 is 1.48 bits per heavy atom. The van der Waals surface area contributed by atoms with Gasteiger partial charge in [-0.05, 0) is 37.6 Å². The number of nitrogens with zero attached hydrogens (tertiary/aromatic N) is 1. The zero-order chi connectivity index (χ0) is 21.1. The van der Waals surface area contributed by atoms with E-state index in [0.717, 1.165) is 12.8 Å². The molecular formula is C24H31NO4. The molecule has 0 fully saturated rings. The molecule has 0 saturated carbocycles. The fourth-order valence-corrected chi connectivity index (χ4v) is 3.43. The maximum absolute atomic E-state index is 13.1. The number of ether oxygens (including phenoxy) is 1. The molecule has 0 N–H and O–H groups in total. The molecule has 0 radical (unpaired) electrons. The Kier molecular flexibility index (Phi) is 8.87. The van der Waals surface area contributed by atoms with Crippen molar-refractivity contribution in [3.05, 3.63) is 60.2 Å². The van der Waals surface area contributed by atoms with Crippen LogP contribution in [0.5, 0.6) is 5.75 Å². The number of unbranched alkanes of at least 4 members (excludes halogenated alkanes) is 5. The Bertz CT molecular complexity index is 773. The summed E-state index contributed by atoms with van der Waals surface area (Å²) in [5, 5.41) is 12.1. The zero-order valence-corrected chi connectivity index (χ0v) is 17.4. The SMILES string of the molecule is CCCCCCCCOc1ccc([N+](CC)(C(=O)[O-])C(=O)c2ccccc2)cc1. The largest absolute Gasteiger partial charge is 0.498 e. The fraction of sp³-hybridized carbons (Fsp3) is 0.417. The molecule has 29 heavy (non-hydrogen) atoms. The van der Waals surface area contributed by atoms with Crippen molar-refractivity contribution in [1.82, 2.24) is 4.48 Å². The minimum Gasteiger partial charge on any atom is -0.498 e. The van der Waals surface area contributed by atoms with Gasteiger partial charge in [-0.1, -0.05) is 57.2 Å². The van der Waals surface area contributed by atoms with Crippen molar-refractivity contribution in [3.8, 4) is 5.75 Å². The summed E-state index contributed by atoms with van der Waals surface area (Å²) in [6.45, 7) is 4.54. The fourth-order valence-electron chi connectivity index (χ4n) is 3.43. The second-order valence-electron chi connectivity index (χ2n) is 7.17. The van der Waals surface area contributed by atoms with Crippen LogP contribution >= 0.6 is 0 Å². The third kappa shape index (κ3) is 5.67. The van der Waals surface area contributed by atoms with Crippen LogP contribution in [-0.2, 0) is 0 Å². The summed E-state index contributed by atoms with van der Waals surface area (Å²) in [5.74, 6) is 0.149. The number of carbonyl (C=O) groups is 2. The van der Waals surface area contributed by atoms with E-state index in [1.54, 1.807) is 61.5 Å². The number of hydrogen-bond donors (Lipinski definition) is 0. The smallest absolute Gasteiger partial charge is 0.357 e. The summed E-state index contributed by atoms with van der Waals surface area (Å²) < 4.78 is 4.88. The molecule has 2 aromatic rings. The van der Waals surface area contributed by atoms with E-state index in [1.165, 1.54) is 25.7 Å². The normalized spacial score (nSPS) is 12.9. The highest BCUT2D eigenvalue weighted by Crippen LogP contribution is 2.28. The number of quaternary nitrogens is 1. The average Bonchev–Trinajstić information content (AvgIpc) is 2.75. The summed E-state index contributed by atoms with van der Waals surface area (Å²) in [4.78, 5) is 25.1. The quantitative estimate of drug-likeness (QED) is 0.398. The van der Waals surface area contributed by atoms with Crippen LogP contribution < -0.4 is 14.3 Å². The van der Waals surface area contributed by atoms with E-state index < -0.39 is 16.5 Å². The summed E-state index contributed by atoms with van der Waals surface area (Å²) in [7, 11) is 0. The van der Waals surface area contributed by atoms with Crippen molar-refractivity contribution in [1.29, 1.82) is 0 Å². The Hall–Kier alpha value is -2.66. The lowest BCUT2D eigenvalue weighted by molar-refractivity contribution is -0.260. The first-order chi connectivity index (χ1) is 14.1. The number of imide groups is 1. The average molecular weight is 398 g/mol. The molecule has 0 aromatic heterocycles. The third-order valence-electron chi connectivity index (χ3n) is 5.20. The summed E-state index contributed by atoms with van der Waals surface area (Å²) >= 11 is 0. The van der Waals surface area contributed by atoms with Crippen LogP contribution in [0.4, 0.5) is 10.5 Å². The van der Waals surface area contributed by atoms with Gasteiger partial charge in [0.2, 0.25) is 0 Å². The van der Waals surface area contributed by atoms with Crippen molar-refractivity contribution in [3.63, 3.8) is 0 Å². The van der Waals surface area contributed by atoms with Gasteiger partial charge in [0.05, 0.1) is 18.7 Å². The molecule has 0 saturated heterocycles. The van der Waals surface area contributed by atoms with Gasteiger partial charge < -0.3 is 14.6 Å². The topological polar surface area (TPSA) is 66.4 Å². The second kappa shape index (κ2) is 11.4. The number of rotatable bonds is 11. The van der Waals surface area contributed by atoms with Gasteiger partial charge in [-0.15, -0.1) is 0 Å². The molecule has 2 rings (SSSR count). The van der Waals surface area contributed by atoms with Crippen molar-refractivity contribution >= 4 is 17.7 Å². The van der Waals surface area contributed by atoms with E-state index in [9.17, 15) is 14.7 Å². The van der Waals surface area contributed by atoms with Crippen LogP contribution in [0.15, 0.2) is 54.6 Å². The van der Waals surface area contributed by atoms with E-state index in [4.69, 9.17) is 4.74 Å². The lowest BCUT2D eigenvalue weighted by atomic mass is 10.1. The highest BCUT2D eigenvalue weighted by atomic mass is 16.5. The van der Waals surface area contributed by atoms with Gasteiger partial charge >= 0.3 is 5.91 Å². The monoisotopic (exact) mass is 397 g/mol. The molecule has 1 atom stereocenters. The van der Waals surface area contributed by atoms with Crippen molar-refractivity contribution in [2.75, 3.05) is 13.2 Å². The lowest BCUT2D eigenvalue weighted by Gasteiger charge is -2.33. The van der Waals surface area contributed by atoms with Crippen molar-refractivity contribution in [2.24, 2.45) is 0 Å². The Labute approximate surface area is 173 Å². The van der Waals surface area contributed by atoms with Crippen LogP contribution in [0.2, 0.25) is 0 Å². The van der Waals surface area contributed by atoms with Gasteiger partial charge in [0.25, 0.3) is 6.09 Å². The van der Waals surface area contributed by atoms with Gasteiger partial charge in [0, 0.05) is 12.1 Å². The van der Waals surface area contributed by atoms with E-state index in [2.05, 4.69) is 6.92 Å². The van der Waals surface area contributed by atoms with Crippen LogP contribution in [0, 0.1) is 0 Å². The predicted octanol–water partition coefficient (Wildman–Crippen LogP) is 4.94. The second-order valence-corrected chi connectivity index (χ2v) is 7.17. The van der Waals surface area contributed by atoms with E-state index in [-0.39, 0.29) is 6.54 Å². The highest BCUT2D eigenvalue weighted by molar-refractivity contribution is 6.12. The Morgan fingerprint density at radius 3 is 2.07 bits per heavy atom. The number of hydrogen-bond acceptors (Lipinski definition) is 4. The molecule has 5 heteroatoms. The summed E-state index contributed by atoms with van der Waals surface area (Å²) in [6.07, 6.45) is 5.69. The summed E-state index contributed by atoms with van der Waals surface area (Å²) in [6, 6.07) is 15.2. The molecule has 0 heterocycles. The standard InChI is InChI=1S/C24H31NO4/c1-3-5-6-7-8-12-19-29-22-17-15-21(16-18-22)25(4-2,24(27)28)23(26)20-13-10-9-11-14-20/h9-11,13-18H,3-8,12,19H2,1-2H3. The minimum absolute atomic E-state index is 0.0496.